The molecule has 1 amide bonds. The Morgan fingerprint density at radius 3 is 2.54 bits per heavy atom. The number of fused-ring (bicyclic) bond motifs is 1. The average molecular weight is 363 g/mol. The molecule has 3 rings (SSSR count). The second kappa shape index (κ2) is 6.66. The van der Waals surface area contributed by atoms with E-state index in [1.165, 1.54) is 10.7 Å². The number of hydrogen-bond donors (Lipinski definition) is 1. The van der Waals surface area contributed by atoms with E-state index in [2.05, 4.69) is 5.10 Å². The zero-order valence-corrected chi connectivity index (χ0v) is 15.8. The van der Waals surface area contributed by atoms with E-state index in [4.69, 9.17) is 10.5 Å². The molecule has 1 aliphatic heterocycles. The average Bonchev–Trinajstić information content (AvgIpc) is 2.88. The number of piperazine rings is 1. The van der Waals surface area contributed by atoms with E-state index in [1.807, 2.05) is 32.6 Å². The Hall–Kier alpha value is -2.51. The minimum atomic E-state index is -0.526. The third-order valence-corrected chi connectivity index (χ3v) is 4.42. The van der Waals surface area contributed by atoms with E-state index in [-0.39, 0.29) is 11.9 Å². The van der Waals surface area contributed by atoms with Gasteiger partial charge in [-0.1, -0.05) is 6.92 Å². The lowest BCUT2D eigenvalue weighted by Gasteiger charge is -2.36. The van der Waals surface area contributed by atoms with Gasteiger partial charge in [0.15, 0.2) is 5.82 Å². The summed E-state index contributed by atoms with van der Waals surface area (Å²) in [5.41, 5.74) is 8.13. The number of aryl methyl sites for hydroxylation is 1. The van der Waals surface area contributed by atoms with E-state index in [9.17, 15) is 9.18 Å². The second-order valence-corrected chi connectivity index (χ2v) is 7.50. The molecule has 0 radical (unpaired) electrons. The van der Waals surface area contributed by atoms with Crippen molar-refractivity contribution < 1.29 is 13.9 Å². The Morgan fingerprint density at radius 2 is 1.96 bits per heavy atom. The first kappa shape index (κ1) is 18.3. The normalized spacial score (nSPS) is 15.6. The van der Waals surface area contributed by atoms with Crippen molar-refractivity contribution >= 4 is 23.0 Å². The molecule has 2 aromatic rings. The summed E-state index contributed by atoms with van der Waals surface area (Å²) in [6.45, 7) is 9.50. The molecule has 1 aliphatic rings. The maximum absolute atomic E-state index is 14.6. The number of amides is 1. The van der Waals surface area contributed by atoms with Crippen LogP contribution in [0.15, 0.2) is 12.3 Å². The summed E-state index contributed by atoms with van der Waals surface area (Å²) in [6.07, 6.45) is 1.72. The number of ether oxygens (including phenoxy) is 1. The number of aromatic nitrogens is 2. The van der Waals surface area contributed by atoms with Gasteiger partial charge in [0.2, 0.25) is 0 Å². The van der Waals surface area contributed by atoms with E-state index in [0.29, 0.717) is 49.5 Å². The van der Waals surface area contributed by atoms with Crippen LogP contribution in [-0.4, -0.2) is 52.4 Å². The topological polar surface area (TPSA) is 76.1 Å². The smallest absolute Gasteiger partial charge is 0.410 e. The number of carbonyl (C=O) groups is 1. The van der Waals surface area contributed by atoms with Crippen LogP contribution in [0.4, 0.5) is 20.6 Å². The second-order valence-electron chi connectivity index (χ2n) is 7.50. The van der Waals surface area contributed by atoms with Crippen LogP contribution < -0.4 is 10.6 Å². The molecule has 0 aliphatic carbocycles. The molecule has 1 fully saturated rings. The molecular weight excluding hydrogens is 337 g/mol. The number of carbonyl (C=O) groups excluding carboxylic acids is 1. The van der Waals surface area contributed by atoms with Gasteiger partial charge in [-0.3, -0.25) is 0 Å². The largest absolute Gasteiger partial charge is 0.444 e. The fraction of sp³-hybridized carbons (Fsp3) is 0.556. The van der Waals surface area contributed by atoms with Crippen LogP contribution in [0.3, 0.4) is 0 Å². The summed E-state index contributed by atoms with van der Waals surface area (Å²) < 4.78 is 21.5. The van der Waals surface area contributed by atoms with Gasteiger partial charge in [-0.15, -0.1) is 0 Å². The van der Waals surface area contributed by atoms with E-state index in [1.54, 1.807) is 11.0 Å². The Morgan fingerprint density at radius 1 is 1.31 bits per heavy atom. The molecule has 3 heterocycles. The molecule has 0 bridgehead atoms. The third-order valence-electron chi connectivity index (χ3n) is 4.42. The van der Waals surface area contributed by atoms with Crippen LogP contribution in [-0.2, 0) is 11.2 Å². The number of pyridine rings is 1. The Balaban J connectivity index is 1.76. The number of nitrogen functional groups attached to an aromatic ring is 1. The highest BCUT2D eigenvalue weighted by molar-refractivity contribution is 5.76. The molecule has 26 heavy (non-hydrogen) atoms. The zero-order chi connectivity index (χ0) is 19.1. The Labute approximate surface area is 152 Å². The van der Waals surface area contributed by atoms with Gasteiger partial charge in [0.05, 0.1) is 28.8 Å². The molecule has 142 valence electrons. The van der Waals surface area contributed by atoms with Crippen molar-refractivity contribution in [3.05, 3.63) is 23.8 Å². The summed E-state index contributed by atoms with van der Waals surface area (Å²) in [5.74, 6) is -0.353. The summed E-state index contributed by atoms with van der Waals surface area (Å²) in [7, 11) is 0. The molecule has 0 aromatic carbocycles. The van der Waals surface area contributed by atoms with Gasteiger partial charge in [0.25, 0.3) is 0 Å². The standard InChI is InChI=1S/C18H26FN5O2/c1-5-13-16(20)15-10-14(12(19)11-24(15)21-13)22-6-8-23(9-7-22)17(25)26-18(2,3)4/h10-11H,5-9,20H2,1-4H3. The minimum Gasteiger partial charge on any atom is -0.444 e. The van der Waals surface area contributed by atoms with E-state index >= 15 is 0 Å². The first-order valence-electron chi connectivity index (χ1n) is 8.88. The van der Waals surface area contributed by atoms with Crippen molar-refractivity contribution in [3.63, 3.8) is 0 Å². The van der Waals surface area contributed by atoms with Gasteiger partial charge in [-0.2, -0.15) is 5.10 Å². The van der Waals surface area contributed by atoms with Gasteiger partial charge in [0, 0.05) is 26.2 Å². The number of halogens is 1. The van der Waals surface area contributed by atoms with Gasteiger partial charge in [0.1, 0.15) is 5.60 Å². The highest BCUT2D eigenvalue weighted by atomic mass is 19.1. The molecule has 8 heteroatoms. The number of anilines is 2. The van der Waals surface area contributed by atoms with Crippen molar-refractivity contribution in [3.8, 4) is 0 Å². The van der Waals surface area contributed by atoms with Crippen LogP contribution in [0.1, 0.15) is 33.4 Å². The maximum Gasteiger partial charge on any atom is 0.410 e. The molecule has 0 spiro atoms. The summed E-state index contributed by atoms with van der Waals surface area (Å²) >= 11 is 0. The lowest BCUT2D eigenvalue weighted by atomic mass is 10.2. The molecule has 2 aromatic heterocycles. The van der Waals surface area contributed by atoms with E-state index < -0.39 is 5.60 Å². The summed E-state index contributed by atoms with van der Waals surface area (Å²) in [5, 5.41) is 4.31. The van der Waals surface area contributed by atoms with Crippen molar-refractivity contribution in [1.29, 1.82) is 0 Å². The maximum atomic E-state index is 14.6. The molecule has 7 nitrogen and oxygen atoms in total. The van der Waals surface area contributed by atoms with Gasteiger partial charge in [-0.25, -0.2) is 13.7 Å². The van der Waals surface area contributed by atoms with Crippen LogP contribution >= 0.6 is 0 Å². The van der Waals surface area contributed by atoms with Gasteiger partial charge >= 0.3 is 6.09 Å². The number of nitrogens with two attached hydrogens (primary N) is 1. The summed E-state index contributed by atoms with van der Waals surface area (Å²) in [4.78, 5) is 15.7. The fourth-order valence-corrected chi connectivity index (χ4v) is 3.08. The van der Waals surface area contributed by atoms with Crippen molar-refractivity contribution in [2.45, 2.75) is 39.7 Å². The zero-order valence-electron chi connectivity index (χ0n) is 15.8. The molecule has 0 unspecified atom stereocenters. The first-order valence-corrected chi connectivity index (χ1v) is 8.88. The number of nitrogens with zero attached hydrogens (tertiary/aromatic N) is 4. The molecule has 1 saturated heterocycles. The lowest BCUT2D eigenvalue weighted by molar-refractivity contribution is 0.0240. The lowest BCUT2D eigenvalue weighted by Crippen LogP contribution is -2.50. The van der Waals surface area contributed by atoms with Crippen LogP contribution in [0, 0.1) is 5.82 Å². The predicted molar refractivity (Wildman–Crippen MR) is 99.0 cm³/mol. The molecule has 2 N–H and O–H groups in total. The predicted octanol–water partition coefficient (Wildman–Crippen LogP) is 2.68. The van der Waals surface area contributed by atoms with Crippen molar-refractivity contribution in [1.82, 2.24) is 14.5 Å². The number of rotatable bonds is 2. The quantitative estimate of drug-likeness (QED) is 0.888. The van der Waals surface area contributed by atoms with Gasteiger partial charge < -0.3 is 20.3 Å². The molecule has 0 saturated carbocycles. The minimum absolute atomic E-state index is 0.333. The van der Waals surface area contributed by atoms with Crippen LogP contribution in [0.5, 0.6) is 0 Å². The third kappa shape index (κ3) is 3.54. The van der Waals surface area contributed by atoms with Crippen molar-refractivity contribution in [2.75, 3.05) is 36.8 Å². The first-order chi connectivity index (χ1) is 12.2. The van der Waals surface area contributed by atoms with E-state index in [0.717, 1.165) is 5.69 Å². The Kier molecular flexibility index (Phi) is 4.68. The molecule has 0 atom stereocenters. The monoisotopic (exact) mass is 363 g/mol. The molecular formula is C18H26FN5O2. The van der Waals surface area contributed by atoms with Crippen LogP contribution in [0.2, 0.25) is 0 Å². The van der Waals surface area contributed by atoms with Gasteiger partial charge in [-0.05, 0) is 33.3 Å². The number of hydrogen-bond acceptors (Lipinski definition) is 5. The van der Waals surface area contributed by atoms with Crippen LogP contribution in [0.25, 0.3) is 5.52 Å². The highest BCUT2D eigenvalue weighted by Gasteiger charge is 2.27. The Bertz CT molecular complexity index is 819. The fourth-order valence-electron chi connectivity index (χ4n) is 3.08. The van der Waals surface area contributed by atoms with Crippen molar-refractivity contribution in [2.24, 2.45) is 0 Å². The summed E-state index contributed by atoms with van der Waals surface area (Å²) in [6, 6.07) is 1.74. The SMILES string of the molecule is CCc1nn2cc(F)c(N3CCN(C(=O)OC(C)(C)C)CC3)cc2c1N. The highest BCUT2D eigenvalue weighted by Crippen LogP contribution is 2.27.